The summed E-state index contributed by atoms with van der Waals surface area (Å²) >= 11 is 0. The zero-order chi connectivity index (χ0) is 32.9. The molecule has 9 atom stereocenters. The van der Waals surface area contributed by atoms with E-state index in [1.54, 1.807) is 64.1 Å². The van der Waals surface area contributed by atoms with E-state index in [4.69, 9.17) is 13.9 Å². The van der Waals surface area contributed by atoms with Gasteiger partial charge in [-0.1, -0.05) is 65.8 Å². The summed E-state index contributed by atoms with van der Waals surface area (Å²) in [5.74, 6) is -2.47. The van der Waals surface area contributed by atoms with Crippen molar-refractivity contribution in [2.24, 2.45) is 16.7 Å². The molecule has 4 N–H and O–H groups in total. The van der Waals surface area contributed by atoms with E-state index in [0.29, 0.717) is 5.57 Å². The normalized spacial score (nSPS) is 36.3. The highest BCUT2D eigenvalue weighted by Crippen LogP contribution is 2.61. The van der Waals surface area contributed by atoms with Crippen LogP contribution in [0.25, 0.3) is 0 Å². The van der Waals surface area contributed by atoms with Gasteiger partial charge in [-0.05, 0) is 49.7 Å². The molecule has 1 aromatic carbocycles. The van der Waals surface area contributed by atoms with Crippen LogP contribution in [0.1, 0.15) is 78.6 Å². The van der Waals surface area contributed by atoms with Crippen LogP contribution in [0.5, 0.6) is 0 Å². The van der Waals surface area contributed by atoms with E-state index >= 15 is 0 Å². The topological polar surface area (TPSA) is 143 Å². The predicted molar refractivity (Wildman–Crippen MR) is 168 cm³/mol. The maximum atomic E-state index is 13.8. The van der Waals surface area contributed by atoms with Crippen molar-refractivity contribution in [3.63, 3.8) is 0 Å². The lowest BCUT2D eigenvalue weighted by Gasteiger charge is -2.66. The summed E-state index contributed by atoms with van der Waals surface area (Å²) in [6.07, 6.45) is -3.83. The van der Waals surface area contributed by atoms with Crippen molar-refractivity contribution in [1.29, 1.82) is 0 Å². The molecular weight excluding hydrogens is 580 g/mol. The number of fused-ring (bicyclic) bond motifs is 1. The number of Topliss-reactive ketones (excluding diaryl/α,β-unsaturated/α-hetero) is 1. The van der Waals surface area contributed by atoms with Gasteiger partial charge >= 0.3 is 5.97 Å². The first-order chi connectivity index (χ1) is 20.5. The molecule has 1 aliphatic heterocycles. The Kier molecular flexibility index (Phi) is 9.81. The van der Waals surface area contributed by atoms with Gasteiger partial charge in [0, 0.05) is 29.6 Å². The number of ketones is 1. The minimum atomic E-state index is -2.36. The molecule has 0 bridgehead atoms. The van der Waals surface area contributed by atoms with E-state index in [-0.39, 0.29) is 25.0 Å². The van der Waals surface area contributed by atoms with Crippen molar-refractivity contribution in [1.82, 2.24) is 0 Å². The van der Waals surface area contributed by atoms with E-state index in [1.807, 2.05) is 0 Å². The quantitative estimate of drug-likeness (QED) is 0.161. The maximum Gasteiger partial charge on any atom is 0.338 e. The van der Waals surface area contributed by atoms with Crippen LogP contribution < -0.4 is 0 Å². The van der Waals surface area contributed by atoms with Crippen molar-refractivity contribution in [2.45, 2.75) is 128 Å². The lowest BCUT2D eigenvalue weighted by molar-refractivity contribution is -0.352. The Morgan fingerprint density at radius 2 is 1.66 bits per heavy atom. The third-order valence-electron chi connectivity index (χ3n) is 11.5. The molecule has 44 heavy (non-hydrogen) atoms. The smallest absolute Gasteiger partial charge is 0.338 e. The second kappa shape index (κ2) is 12.4. The monoisotopic (exact) mass is 632 g/mol. The molecule has 0 spiro atoms. The first kappa shape index (κ1) is 34.9. The lowest BCUT2D eigenvalue weighted by Crippen LogP contribution is -2.80. The number of hydrogen-bond donors (Lipinski definition) is 4. The van der Waals surface area contributed by atoms with Crippen LogP contribution >= 0.6 is 0 Å². The molecule has 9 nitrogen and oxygen atoms in total. The summed E-state index contributed by atoms with van der Waals surface area (Å²) in [5, 5.41) is 48.2. The minimum absolute atomic E-state index is 0.138. The molecule has 1 saturated heterocycles. The first-order valence-electron chi connectivity index (χ1n) is 16.0. The van der Waals surface area contributed by atoms with Crippen molar-refractivity contribution < 1.29 is 43.9 Å². The number of aliphatic hydroxyl groups is 4. The largest absolute Gasteiger partial charge is 0.455 e. The summed E-state index contributed by atoms with van der Waals surface area (Å²) in [7, 11) is -2.36. The van der Waals surface area contributed by atoms with Crippen molar-refractivity contribution >= 4 is 20.1 Å². The zero-order valence-electron chi connectivity index (χ0n) is 27.5. The molecule has 2 fully saturated rings. The van der Waals surface area contributed by atoms with E-state index < -0.39 is 78.5 Å². The molecule has 0 aromatic heterocycles. The Morgan fingerprint density at radius 1 is 1.07 bits per heavy atom. The molecule has 1 saturated carbocycles. The summed E-state index contributed by atoms with van der Waals surface area (Å²) in [6.45, 7) is 14.5. The number of rotatable bonds is 11. The molecule has 2 aliphatic carbocycles. The van der Waals surface area contributed by atoms with Crippen LogP contribution in [-0.2, 0) is 18.7 Å². The summed E-state index contributed by atoms with van der Waals surface area (Å²) in [6, 6.07) is 10.8. The second-order valence-corrected chi connectivity index (χ2v) is 18.9. The fourth-order valence-corrected chi connectivity index (χ4v) is 11.1. The number of aliphatic hydroxyl groups excluding tert-OH is 2. The second-order valence-electron chi connectivity index (χ2n) is 14.2. The number of carbonyl (C=O) groups excluding carboxylic acids is 2. The van der Waals surface area contributed by atoms with E-state index in [0.717, 1.165) is 18.1 Å². The third kappa shape index (κ3) is 5.54. The van der Waals surface area contributed by atoms with Crippen LogP contribution in [-0.4, -0.2) is 88.8 Å². The Labute approximate surface area is 262 Å². The van der Waals surface area contributed by atoms with Crippen molar-refractivity contribution in [3.05, 3.63) is 47.5 Å². The molecule has 246 valence electrons. The van der Waals surface area contributed by atoms with Gasteiger partial charge < -0.3 is 34.3 Å². The maximum absolute atomic E-state index is 13.8. The van der Waals surface area contributed by atoms with Gasteiger partial charge in [0.15, 0.2) is 14.1 Å². The molecule has 1 aromatic rings. The van der Waals surface area contributed by atoms with Gasteiger partial charge in [-0.2, -0.15) is 0 Å². The zero-order valence-corrected chi connectivity index (χ0v) is 28.5. The fourth-order valence-electron chi connectivity index (χ4n) is 8.16. The molecule has 3 aliphatic rings. The predicted octanol–water partition coefficient (Wildman–Crippen LogP) is 4.18. The third-order valence-corrected chi connectivity index (χ3v) is 16.1. The van der Waals surface area contributed by atoms with E-state index in [9.17, 15) is 30.0 Å². The van der Waals surface area contributed by atoms with E-state index in [2.05, 4.69) is 20.8 Å². The Morgan fingerprint density at radius 3 is 2.16 bits per heavy atom. The highest BCUT2D eigenvalue weighted by atomic mass is 28.4. The SMILES string of the molecule is CC[Si](CC)(CC)O[C@H]1C[C@H]2OC[C@@]2(O)[C@@H]([C@H](OC(=O)c2ccccc2)[C@]2(O)C[C@H](O)C(C)=CC2(C)C)[C@]1(C)[C@H](O)C(C)=O. The van der Waals surface area contributed by atoms with Gasteiger partial charge in [-0.25, -0.2) is 4.79 Å². The highest BCUT2D eigenvalue weighted by molar-refractivity contribution is 6.73. The number of benzene rings is 1. The standard InChI is InChI=1S/C34H52O9Si/c1-9-44(10-2,11-3)43-25-17-26-33(39,20-41-26)27(32(25,8)28(37)22(5)35)29(42-30(38)23-15-13-12-14-16-23)34(40)19-24(36)21(4)18-31(34,6)7/h12-16,18,24-29,36-37,39-40H,9-11,17,19-20H2,1-8H3/t24-,25-,26+,27-,28+,29-,32+,33-,34+/m0/s1. The molecular formula is C34H52O9Si. The number of carbonyl (C=O) groups is 2. The Bertz CT molecular complexity index is 1240. The Balaban J connectivity index is 1.99. The number of ether oxygens (including phenoxy) is 2. The molecule has 1 heterocycles. The molecule has 0 radical (unpaired) electrons. The minimum Gasteiger partial charge on any atom is -0.455 e. The average molecular weight is 633 g/mol. The van der Waals surface area contributed by atoms with Crippen LogP contribution in [0.15, 0.2) is 42.0 Å². The van der Waals surface area contributed by atoms with Gasteiger partial charge in [0.25, 0.3) is 0 Å². The van der Waals surface area contributed by atoms with Crippen LogP contribution in [0.3, 0.4) is 0 Å². The van der Waals surface area contributed by atoms with E-state index in [1.165, 1.54) is 6.92 Å². The van der Waals surface area contributed by atoms with Gasteiger partial charge in [0.2, 0.25) is 0 Å². The van der Waals surface area contributed by atoms with Gasteiger partial charge in [-0.3, -0.25) is 4.79 Å². The molecule has 0 amide bonds. The summed E-state index contributed by atoms with van der Waals surface area (Å²) in [4.78, 5) is 27.0. The van der Waals surface area contributed by atoms with Crippen molar-refractivity contribution in [2.75, 3.05) is 6.61 Å². The summed E-state index contributed by atoms with van der Waals surface area (Å²) < 4.78 is 19.3. The van der Waals surface area contributed by atoms with Crippen LogP contribution in [0.2, 0.25) is 18.1 Å². The number of esters is 1. The van der Waals surface area contributed by atoms with Gasteiger partial charge in [-0.15, -0.1) is 0 Å². The molecule has 4 rings (SSSR count). The van der Waals surface area contributed by atoms with Crippen molar-refractivity contribution in [3.8, 4) is 0 Å². The van der Waals surface area contributed by atoms with Gasteiger partial charge in [0.1, 0.15) is 23.4 Å². The van der Waals surface area contributed by atoms with Crippen LogP contribution in [0, 0.1) is 16.7 Å². The molecule has 10 heteroatoms. The lowest BCUT2D eigenvalue weighted by atomic mass is 9.48. The highest BCUT2D eigenvalue weighted by Gasteiger charge is 2.74. The number of hydrogen-bond acceptors (Lipinski definition) is 9. The van der Waals surface area contributed by atoms with Gasteiger partial charge in [0.05, 0.1) is 30.5 Å². The summed E-state index contributed by atoms with van der Waals surface area (Å²) in [5.41, 5.74) is -5.26. The fraction of sp³-hybridized carbons (Fsp3) is 0.706. The Hall–Kier alpha value is -1.92. The average Bonchev–Trinajstić information content (AvgIpc) is 2.98. The van der Waals surface area contributed by atoms with Crippen LogP contribution in [0.4, 0.5) is 0 Å². The molecule has 0 unspecified atom stereocenters. The first-order valence-corrected chi connectivity index (χ1v) is 18.6.